The lowest BCUT2D eigenvalue weighted by Gasteiger charge is -2.26. The zero-order valence-corrected chi connectivity index (χ0v) is 16.2. The van der Waals surface area contributed by atoms with Gasteiger partial charge in [0.1, 0.15) is 5.82 Å². The maximum Gasteiger partial charge on any atom is 0.301 e. The molecule has 3 N–H and O–H groups in total. The van der Waals surface area contributed by atoms with Crippen LogP contribution in [0.2, 0.25) is 0 Å². The Hall–Kier alpha value is -2.85. The minimum absolute atomic E-state index is 0.0942. The number of nitrogens with two attached hydrogens (primary N) is 1. The van der Waals surface area contributed by atoms with Gasteiger partial charge in [0.25, 0.3) is 0 Å². The SMILES string of the molecule is Nc1ncc2cc(-c3c(F)ccc(NS(=O)(=O)N4CCCCC4)c3F)ccc2n1. The van der Waals surface area contributed by atoms with Gasteiger partial charge in [-0.15, -0.1) is 0 Å². The van der Waals surface area contributed by atoms with Crippen molar-refractivity contribution >= 4 is 32.7 Å². The standard InChI is InChI=1S/C19H19F2N5O2S/c20-14-5-7-16(25-29(27,28)26-8-2-1-3-9-26)18(21)17(14)12-4-6-15-13(10-12)11-23-19(22)24-15/h4-7,10-11,25H,1-3,8-9H2,(H2,22,23,24). The molecule has 0 atom stereocenters. The van der Waals surface area contributed by atoms with Gasteiger partial charge in [-0.25, -0.2) is 18.7 Å². The van der Waals surface area contributed by atoms with Crippen molar-refractivity contribution in [1.82, 2.24) is 14.3 Å². The zero-order valence-electron chi connectivity index (χ0n) is 15.4. The Labute approximate surface area is 166 Å². The van der Waals surface area contributed by atoms with Crippen molar-refractivity contribution in [1.29, 1.82) is 0 Å². The summed E-state index contributed by atoms with van der Waals surface area (Å²) in [6.45, 7) is 0.748. The maximum absolute atomic E-state index is 15.1. The Bertz CT molecular complexity index is 1180. The van der Waals surface area contributed by atoms with Crippen LogP contribution in [0.25, 0.3) is 22.0 Å². The summed E-state index contributed by atoms with van der Waals surface area (Å²) in [5.74, 6) is -1.70. The fraction of sp³-hybridized carbons (Fsp3) is 0.263. The molecule has 0 amide bonds. The topological polar surface area (TPSA) is 101 Å². The molecule has 1 aliphatic rings. The molecule has 3 aromatic rings. The summed E-state index contributed by atoms with van der Waals surface area (Å²) in [7, 11) is -3.92. The number of hydrogen-bond acceptors (Lipinski definition) is 5. The molecule has 2 heterocycles. The van der Waals surface area contributed by atoms with Gasteiger partial charge < -0.3 is 5.73 Å². The predicted molar refractivity (Wildman–Crippen MR) is 107 cm³/mol. The Morgan fingerprint density at radius 3 is 2.59 bits per heavy atom. The number of nitrogens with zero attached hydrogens (tertiary/aromatic N) is 3. The van der Waals surface area contributed by atoms with Crippen molar-refractivity contribution in [2.75, 3.05) is 23.5 Å². The lowest BCUT2D eigenvalue weighted by molar-refractivity contribution is 0.349. The molecule has 0 bridgehead atoms. The number of halogens is 2. The number of nitrogen functional groups attached to an aromatic ring is 1. The maximum atomic E-state index is 15.1. The van der Waals surface area contributed by atoms with Crippen molar-refractivity contribution < 1.29 is 17.2 Å². The zero-order chi connectivity index (χ0) is 20.6. The number of fused-ring (bicyclic) bond motifs is 1. The predicted octanol–water partition coefficient (Wildman–Crippen LogP) is 3.30. The van der Waals surface area contributed by atoms with E-state index in [0.29, 0.717) is 24.0 Å². The molecule has 1 fully saturated rings. The van der Waals surface area contributed by atoms with Crippen LogP contribution in [0.3, 0.4) is 0 Å². The van der Waals surface area contributed by atoms with Gasteiger partial charge in [-0.1, -0.05) is 12.5 Å². The molecule has 2 aromatic carbocycles. The van der Waals surface area contributed by atoms with E-state index in [-0.39, 0.29) is 22.8 Å². The minimum atomic E-state index is -3.92. The highest BCUT2D eigenvalue weighted by Gasteiger charge is 2.26. The number of hydrogen-bond donors (Lipinski definition) is 2. The van der Waals surface area contributed by atoms with Crippen LogP contribution in [0.15, 0.2) is 36.5 Å². The summed E-state index contributed by atoms with van der Waals surface area (Å²) >= 11 is 0. The van der Waals surface area contributed by atoms with Gasteiger partial charge in [0.15, 0.2) is 5.82 Å². The Kier molecular flexibility index (Phi) is 5.05. The van der Waals surface area contributed by atoms with Gasteiger partial charge in [-0.2, -0.15) is 12.7 Å². The van der Waals surface area contributed by atoms with Crippen LogP contribution in [0.4, 0.5) is 20.4 Å². The first-order valence-corrected chi connectivity index (χ1v) is 10.6. The van der Waals surface area contributed by atoms with E-state index >= 15 is 4.39 Å². The van der Waals surface area contributed by atoms with E-state index in [1.54, 1.807) is 6.07 Å². The first-order chi connectivity index (χ1) is 13.8. The summed E-state index contributed by atoms with van der Waals surface area (Å²) in [6.07, 6.45) is 3.92. The van der Waals surface area contributed by atoms with Gasteiger partial charge >= 0.3 is 10.2 Å². The van der Waals surface area contributed by atoms with Crippen LogP contribution in [-0.4, -0.2) is 35.8 Å². The average molecular weight is 419 g/mol. The molecule has 0 saturated carbocycles. The van der Waals surface area contributed by atoms with Crippen molar-refractivity contribution in [2.45, 2.75) is 19.3 Å². The van der Waals surface area contributed by atoms with Crippen molar-refractivity contribution in [3.05, 3.63) is 48.2 Å². The van der Waals surface area contributed by atoms with Crippen molar-refractivity contribution in [2.24, 2.45) is 0 Å². The number of piperidine rings is 1. The molecule has 29 heavy (non-hydrogen) atoms. The molecular formula is C19H19F2N5O2S. The fourth-order valence-corrected chi connectivity index (χ4v) is 4.71. The molecule has 0 aliphatic carbocycles. The normalized spacial score (nSPS) is 15.5. The third kappa shape index (κ3) is 3.85. The number of nitrogens with one attached hydrogen (secondary N) is 1. The molecule has 0 spiro atoms. The highest BCUT2D eigenvalue weighted by Crippen LogP contribution is 2.33. The van der Waals surface area contributed by atoms with E-state index in [1.165, 1.54) is 22.6 Å². The molecule has 0 radical (unpaired) electrons. The molecule has 152 valence electrons. The molecule has 0 unspecified atom stereocenters. The Morgan fingerprint density at radius 1 is 1.07 bits per heavy atom. The van der Waals surface area contributed by atoms with E-state index in [0.717, 1.165) is 31.4 Å². The quantitative estimate of drug-likeness (QED) is 0.676. The highest BCUT2D eigenvalue weighted by molar-refractivity contribution is 7.90. The largest absolute Gasteiger partial charge is 0.368 e. The van der Waals surface area contributed by atoms with Crippen molar-refractivity contribution in [3.63, 3.8) is 0 Å². The van der Waals surface area contributed by atoms with E-state index < -0.39 is 21.8 Å². The van der Waals surface area contributed by atoms with Crippen LogP contribution < -0.4 is 10.5 Å². The summed E-state index contributed by atoms with van der Waals surface area (Å²) in [6, 6.07) is 6.72. The fourth-order valence-electron chi connectivity index (χ4n) is 3.41. The monoisotopic (exact) mass is 419 g/mol. The van der Waals surface area contributed by atoms with Gasteiger partial charge in [0, 0.05) is 24.7 Å². The lowest BCUT2D eigenvalue weighted by atomic mass is 10.0. The Morgan fingerprint density at radius 2 is 1.83 bits per heavy atom. The van der Waals surface area contributed by atoms with Crippen LogP contribution >= 0.6 is 0 Å². The third-order valence-electron chi connectivity index (χ3n) is 4.87. The first kappa shape index (κ1) is 19.5. The van der Waals surface area contributed by atoms with Gasteiger partial charge in [0.2, 0.25) is 5.95 Å². The van der Waals surface area contributed by atoms with Crippen molar-refractivity contribution in [3.8, 4) is 11.1 Å². The highest BCUT2D eigenvalue weighted by atomic mass is 32.2. The minimum Gasteiger partial charge on any atom is -0.368 e. The second-order valence-electron chi connectivity index (χ2n) is 6.85. The second-order valence-corrected chi connectivity index (χ2v) is 8.52. The molecule has 7 nitrogen and oxygen atoms in total. The number of anilines is 2. The van der Waals surface area contributed by atoms with Gasteiger partial charge in [0.05, 0.1) is 16.8 Å². The summed E-state index contributed by atoms with van der Waals surface area (Å²) in [4.78, 5) is 7.94. The molecule has 1 aromatic heterocycles. The van der Waals surface area contributed by atoms with Crippen LogP contribution in [0.1, 0.15) is 19.3 Å². The molecular weight excluding hydrogens is 400 g/mol. The molecule has 10 heteroatoms. The van der Waals surface area contributed by atoms with Crippen LogP contribution in [0, 0.1) is 11.6 Å². The van der Waals surface area contributed by atoms with E-state index in [9.17, 15) is 12.8 Å². The number of rotatable bonds is 4. The second kappa shape index (κ2) is 7.53. The molecule has 1 aliphatic heterocycles. The summed E-state index contributed by atoms with van der Waals surface area (Å²) in [5, 5.41) is 0.551. The molecule has 4 rings (SSSR count). The number of aromatic nitrogens is 2. The van der Waals surface area contributed by atoms with E-state index in [1.807, 2.05) is 0 Å². The third-order valence-corrected chi connectivity index (χ3v) is 6.39. The van der Waals surface area contributed by atoms with Crippen LogP contribution in [-0.2, 0) is 10.2 Å². The van der Waals surface area contributed by atoms with Crippen LogP contribution in [0.5, 0.6) is 0 Å². The summed E-state index contributed by atoms with van der Waals surface area (Å²) in [5.41, 5.74) is 5.68. The average Bonchev–Trinajstić information content (AvgIpc) is 2.71. The van der Waals surface area contributed by atoms with Gasteiger partial charge in [-0.05, 0) is 42.7 Å². The van der Waals surface area contributed by atoms with E-state index in [4.69, 9.17) is 5.73 Å². The lowest BCUT2D eigenvalue weighted by Crippen LogP contribution is -2.39. The van der Waals surface area contributed by atoms with Gasteiger partial charge in [-0.3, -0.25) is 4.72 Å². The van der Waals surface area contributed by atoms with E-state index in [2.05, 4.69) is 14.7 Å². The smallest absolute Gasteiger partial charge is 0.301 e. The Balaban J connectivity index is 1.73. The molecule has 1 saturated heterocycles. The summed E-state index contributed by atoms with van der Waals surface area (Å²) < 4.78 is 58.3. The first-order valence-electron chi connectivity index (χ1n) is 9.14. The number of benzene rings is 2.